The third-order valence-electron chi connectivity index (χ3n) is 3.46. The largest absolute Gasteiger partial charge is 0.507 e. The van der Waals surface area contributed by atoms with Crippen LogP contribution in [0.4, 0.5) is 0 Å². The summed E-state index contributed by atoms with van der Waals surface area (Å²) in [6, 6.07) is 4.52. The first kappa shape index (κ1) is 13.9. The number of rotatable bonds is 2. The summed E-state index contributed by atoms with van der Waals surface area (Å²) in [5.74, 6) is -0.297. The van der Waals surface area contributed by atoms with Gasteiger partial charge < -0.3 is 10.0 Å². The van der Waals surface area contributed by atoms with Gasteiger partial charge >= 0.3 is 0 Å². The van der Waals surface area contributed by atoms with Gasteiger partial charge in [-0.15, -0.1) is 0 Å². The lowest BCUT2D eigenvalue weighted by Gasteiger charge is -2.23. The molecule has 2 rings (SSSR count). The van der Waals surface area contributed by atoms with Crippen molar-refractivity contribution in [1.82, 2.24) is 4.90 Å². The Morgan fingerprint density at radius 1 is 1.42 bits per heavy atom. The van der Waals surface area contributed by atoms with Gasteiger partial charge in [-0.1, -0.05) is 6.07 Å². The van der Waals surface area contributed by atoms with Crippen LogP contribution in [0.15, 0.2) is 18.2 Å². The van der Waals surface area contributed by atoms with E-state index in [4.69, 9.17) is 0 Å². The van der Waals surface area contributed by atoms with Gasteiger partial charge in [0.05, 0.1) is 17.1 Å². The molecule has 1 aromatic rings. The summed E-state index contributed by atoms with van der Waals surface area (Å²) in [6.45, 7) is 1.82. The number of benzene rings is 1. The van der Waals surface area contributed by atoms with Crippen LogP contribution in [-0.4, -0.2) is 48.9 Å². The van der Waals surface area contributed by atoms with Gasteiger partial charge in [0.25, 0.3) is 5.91 Å². The van der Waals surface area contributed by atoms with E-state index in [1.54, 1.807) is 19.2 Å². The second kappa shape index (κ2) is 4.85. The van der Waals surface area contributed by atoms with E-state index in [1.807, 2.05) is 6.92 Å². The van der Waals surface area contributed by atoms with Gasteiger partial charge in [0.1, 0.15) is 5.75 Å². The Labute approximate surface area is 112 Å². The van der Waals surface area contributed by atoms with E-state index in [-0.39, 0.29) is 34.8 Å². The van der Waals surface area contributed by atoms with E-state index >= 15 is 0 Å². The van der Waals surface area contributed by atoms with Crippen LogP contribution in [0.2, 0.25) is 0 Å². The van der Waals surface area contributed by atoms with E-state index in [0.29, 0.717) is 6.42 Å². The number of carbonyl (C=O) groups is 1. The average Bonchev–Trinajstić information content (AvgIpc) is 2.68. The molecule has 0 aliphatic carbocycles. The average molecular weight is 283 g/mol. The molecule has 19 heavy (non-hydrogen) atoms. The van der Waals surface area contributed by atoms with E-state index in [1.165, 1.54) is 11.0 Å². The molecule has 1 aromatic carbocycles. The fourth-order valence-electron chi connectivity index (χ4n) is 2.26. The van der Waals surface area contributed by atoms with Crippen LogP contribution in [0.1, 0.15) is 22.3 Å². The van der Waals surface area contributed by atoms with Gasteiger partial charge in [0, 0.05) is 13.1 Å². The maximum Gasteiger partial charge on any atom is 0.257 e. The zero-order chi connectivity index (χ0) is 14.2. The Morgan fingerprint density at radius 2 is 2.11 bits per heavy atom. The summed E-state index contributed by atoms with van der Waals surface area (Å²) in [6.07, 6.45) is 0.456. The molecule has 1 aliphatic heterocycles. The molecule has 0 bridgehead atoms. The fourth-order valence-corrected chi connectivity index (χ4v) is 4.03. The van der Waals surface area contributed by atoms with E-state index < -0.39 is 9.84 Å². The Bertz CT molecular complexity index is 609. The number of phenolic OH excluding ortho intramolecular Hbond substituents is 1. The highest BCUT2D eigenvalue weighted by molar-refractivity contribution is 7.91. The predicted octanol–water partition coefficient (Wildman–Crippen LogP) is 0.960. The number of hydrogen-bond acceptors (Lipinski definition) is 4. The lowest BCUT2D eigenvalue weighted by Crippen LogP contribution is -2.37. The number of nitrogens with zero attached hydrogens (tertiary/aromatic N) is 1. The molecule has 0 unspecified atom stereocenters. The van der Waals surface area contributed by atoms with E-state index in [9.17, 15) is 18.3 Å². The van der Waals surface area contributed by atoms with Crippen molar-refractivity contribution >= 4 is 15.7 Å². The van der Waals surface area contributed by atoms with Crippen molar-refractivity contribution in [3.8, 4) is 5.75 Å². The SMILES string of the molecule is Cc1ccc(C(=O)N(C)[C@@H]2CCS(=O)(=O)C2)c(O)c1. The third-order valence-corrected chi connectivity index (χ3v) is 5.21. The van der Waals surface area contributed by atoms with Crippen LogP contribution < -0.4 is 0 Å². The van der Waals surface area contributed by atoms with Crippen LogP contribution in [0.5, 0.6) is 5.75 Å². The maximum atomic E-state index is 12.2. The minimum atomic E-state index is -3.03. The molecular formula is C13H17NO4S. The Kier molecular flexibility index (Phi) is 3.54. The minimum absolute atomic E-state index is 0.00185. The fraction of sp³-hybridized carbons (Fsp3) is 0.462. The molecule has 104 valence electrons. The summed E-state index contributed by atoms with van der Waals surface area (Å²) in [5, 5.41) is 9.79. The molecule has 0 radical (unpaired) electrons. The Morgan fingerprint density at radius 3 is 2.63 bits per heavy atom. The maximum absolute atomic E-state index is 12.2. The number of hydrogen-bond donors (Lipinski definition) is 1. The number of aromatic hydroxyl groups is 1. The standard InChI is InChI=1S/C13H17NO4S/c1-9-3-4-11(12(15)7-9)13(16)14(2)10-5-6-19(17,18)8-10/h3-4,7,10,15H,5-6,8H2,1-2H3/t10-/m1/s1. The Balaban J connectivity index is 2.20. The second-order valence-corrected chi connectivity index (χ2v) is 7.22. The molecule has 1 N–H and O–H groups in total. The first-order chi connectivity index (χ1) is 8.80. The minimum Gasteiger partial charge on any atom is -0.507 e. The molecule has 1 amide bonds. The number of amides is 1. The number of phenols is 1. The molecule has 1 atom stereocenters. The van der Waals surface area contributed by atoms with E-state index in [0.717, 1.165) is 5.56 Å². The lowest BCUT2D eigenvalue weighted by molar-refractivity contribution is 0.0744. The van der Waals surface area contributed by atoms with Crippen LogP contribution in [0, 0.1) is 6.92 Å². The zero-order valence-electron chi connectivity index (χ0n) is 11.0. The first-order valence-electron chi connectivity index (χ1n) is 6.07. The van der Waals surface area contributed by atoms with Gasteiger partial charge in [-0.05, 0) is 31.0 Å². The lowest BCUT2D eigenvalue weighted by atomic mass is 10.1. The van der Waals surface area contributed by atoms with Crippen molar-refractivity contribution in [3.05, 3.63) is 29.3 Å². The monoisotopic (exact) mass is 283 g/mol. The van der Waals surface area contributed by atoms with E-state index in [2.05, 4.69) is 0 Å². The summed E-state index contributed by atoms with van der Waals surface area (Å²) in [5.41, 5.74) is 1.07. The van der Waals surface area contributed by atoms with Gasteiger partial charge in [0.2, 0.25) is 0 Å². The van der Waals surface area contributed by atoms with Crippen LogP contribution in [0.25, 0.3) is 0 Å². The molecule has 1 heterocycles. The summed E-state index contributed by atoms with van der Waals surface area (Å²) in [7, 11) is -1.45. The first-order valence-corrected chi connectivity index (χ1v) is 7.89. The summed E-state index contributed by atoms with van der Waals surface area (Å²) < 4.78 is 22.9. The zero-order valence-corrected chi connectivity index (χ0v) is 11.8. The quantitative estimate of drug-likeness (QED) is 0.877. The predicted molar refractivity (Wildman–Crippen MR) is 72.0 cm³/mol. The highest BCUT2D eigenvalue weighted by atomic mass is 32.2. The van der Waals surface area contributed by atoms with Crippen molar-refractivity contribution in [2.75, 3.05) is 18.6 Å². The van der Waals surface area contributed by atoms with Gasteiger partial charge in [-0.2, -0.15) is 0 Å². The third kappa shape index (κ3) is 2.89. The van der Waals surface area contributed by atoms with Crippen molar-refractivity contribution < 1.29 is 18.3 Å². The molecule has 0 saturated carbocycles. The van der Waals surface area contributed by atoms with Gasteiger partial charge in [-0.25, -0.2) is 8.42 Å². The summed E-state index contributed by atoms with van der Waals surface area (Å²) >= 11 is 0. The van der Waals surface area contributed by atoms with Crippen molar-refractivity contribution in [1.29, 1.82) is 0 Å². The molecule has 1 fully saturated rings. The van der Waals surface area contributed by atoms with Crippen LogP contribution in [0.3, 0.4) is 0 Å². The number of aryl methyl sites for hydroxylation is 1. The molecule has 1 saturated heterocycles. The molecule has 0 spiro atoms. The van der Waals surface area contributed by atoms with Gasteiger partial charge in [0.15, 0.2) is 9.84 Å². The highest BCUT2D eigenvalue weighted by Gasteiger charge is 2.33. The van der Waals surface area contributed by atoms with Gasteiger partial charge in [-0.3, -0.25) is 4.79 Å². The molecule has 5 nitrogen and oxygen atoms in total. The Hall–Kier alpha value is -1.56. The topological polar surface area (TPSA) is 74.7 Å². The van der Waals surface area contributed by atoms with Crippen molar-refractivity contribution in [3.63, 3.8) is 0 Å². The molecular weight excluding hydrogens is 266 g/mol. The highest BCUT2D eigenvalue weighted by Crippen LogP contribution is 2.23. The normalized spacial score (nSPS) is 21.3. The van der Waals surface area contributed by atoms with Crippen LogP contribution in [-0.2, 0) is 9.84 Å². The molecule has 1 aliphatic rings. The second-order valence-electron chi connectivity index (χ2n) is 4.99. The van der Waals surface area contributed by atoms with Crippen molar-refractivity contribution in [2.45, 2.75) is 19.4 Å². The molecule has 6 heteroatoms. The number of sulfone groups is 1. The summed E-state index contributed by atoms with van der Waals surface area (Å²) in [4.78, 5) is 13.7. The number of carbonyl (C=O) groups excluding carboxylic acids is 1. The smallest absolute Gasteiger partial charge is 0.257 e. The molecule has 0 aromatic heterocycles. The van der Waals surface area contributed by atoms with Crippen LogP contribution >= 0.6 is 0 Å². The van der Waals surface area contributed by atoms with Crippen molar-refractivity contribution in [2.24, 2.45) is 0 Å².